The zero-order valence-electron chi connectivity index (χ0n) is 20.3. The van der Waals surface area contributed by atoms with Gasteiger partial charge in [0.1, 0.15) is 17.7 Å². The van der Waals surface area contributed by atoms with Crippen molar-refractivity contribution in [2.75, 3.05) is 13.2 Å². The Kier molecular flexibility index (Phi) is 10.5. The molecule has 5 N–H and O–H groups in total. The fourth-order valence-electron chi connectivity index (χ4n) is 3.12. The van der Waals surface area contributed by atoms with E-state index in [-0.39, 0.29) is 12.6 Å². The molecule has 0 aliphatic heterocycles. The monoisotopic (exact) mass is 474 g/mol. The molecule has 2 unspecified atom stereocenters. The topological polar surface area (TPSA) is 151 Å². The molecule has 4 amide bonds. The maximum absolute atomic E-state index is 13.5. The molecule has 1 aromatic carbocycles. The lowest BCUT2D eigenvalue weighted by molar-refractivity contribution is -0.144. The van der Waals surface area contributed by atoms with Crippen LogP contribution in [0, 0.1) is 12.3 Å². The SMILES string of the molecule is C#Cc1ccc(C(C(=O)NC(C)C)N(CCO)C(=O)C(CC(N)=O)NC(=O)OC(C)(C)C)cc1. The minimum atomic E-state index is -1.42. The molecular formula is C24H34N4O6. The Morgan fingerprint density at radius 1 is 1.15 bits per heavy atom. The first kappa shape index (κ1) is 28.5. The van der Waals surface area contributed by atoms with Crippen molar-refractivity contribution in [3.8, 4) is 12.3 Å². The molecule has 0 aliphatic carbocycles. The number of nitrogens with two attached hydrogens (primary N) is 1. The smallest absolute Gasteiger partial charge is 0.408 e. The molecule has 1 aromatic rings. The van der Waals surface area contributed by atoms with Crippen molar-refractivity contribution in [1.82, 2.24) is 15.5 Å². The Morgan fingerprint density at radius 2 is 1.74 bits per heavy atom. The molecule has 0 aliphatic rings. The summed E-state index contributed by atoms with van der Waals surface area (Å²) >= 11 is 0. The third-order valence-corrected chi connectivity index (χ3v) is 4.40. The van der Waals surface area contributed by atoms with Crippen molar-refractivity contribution in [3.63, 3.8) is 0 Å². The highest BCUT2D eigenvalue weighted by molar-refractivity contribution is 5.94. The summed E-state index contributed by atoms with van der Waals surface area (Å²) in [5.74, 6) is 0.329. The molecule has 0 heterocycles. The van der Waals surface area contributed by atoms with Crippen LogP contribution in [0.2, 0.25) is 0 Å². The molecule has 186 valence electrons. The van der Waals surface area contributed by atoms with Crippen molar-refractivity contribution < 1.29 is 29.0 Å². The van der Waals surface area contributed by atoms with E-state index in [1.807, 2.05) is 0 Å². The van der Waals surface area contributed by atoms with E-state index in [0.717, 1.165) is 4.90 Å². The van der Waals surface area contributed by atoms with Crippen LogP contribution >= 0.6 is 0 Å². The van der Waals surface area contributed by atoms with Gasteiger partial charge in [0.25, 0.3) is 0 Å². The number of alkyl carbamates (subject to hydrolysis) is 1. The van der Waals surface area contributed by atoms with Crippen LogP contribution in [0.15, 0.2) is 24.3 Å². The van der Waals surface area contributed by atoms with Gasteiger partial charge in [-0.05, 0) is 52.3 Å². The largest absolute Gasteiger partial charge is 0.444 e. The quantitative estimate of drug-likeness (QED) is 0.369. The van der Waals surface area contributed by atoms with Crippen LogP contribution in [0.25, 0.3) is 0 Å². The van der Waals surface area contributed by atoms with E-state index in [9.17, 15) is 24.3 Å². The van der Waals surface area contributed by atoms with Crippen molar-refractivity contribution in [2.24, 2.45) is 5.73 Å². The highest BCUT2D eigenvalue weighted by atomic mass is 16.6. The molecule has 10 heteroatoms. The van der Waals surface area contributed by atoms with Crippen molar-refractivity contribution in [1.29, 1.82) is 0 Å². The molecule has 10 nitrogen and oxygen atoms in total. The number of hydrogen-bond donors (Lipinski definition) is 4. The summed E-state index contributed by atoms with van der Waals surface area (Å²) < 4.78 is 5.19. The molecule has 0 spiro atoms. The van der Waals surface area contributed by atoms with Crippen LogP contribution in [0.5, 0.6) is 0 Å². The van der Waals surface area contributed by atoms with E-state index in [1.54, 1.807) is 58.9 Å². The van der Waals surface area contributed by atoms with Crippen molar-refractivity contribution >= 4 is 23.8 Å². The van der Waals surface area contributed by atoms with Crippen LogP contribution in [0.4, 0.5) is 4.79 Å². The van der Waals surface area contributed by atoms with Gasteiger partial charge in [-0.3, -0.25) is 14.4 Å². The van der Waals surface area contributed by atoms with Crippen LogP contribution in [-0.2, 0) is 19.1 Å². The lowest BCUT2D eigenvalue weighted by Crippen LogP contribution is -2.55. The standard InChI is InChI=1S/C24H34N4O6/c1-7-16-8-10-17(11-9-16)20(21(31)26-15(2)3)28(12-13-29)22(32)18(14-19(25)30)27-23(33)34-24(4,5)6/h1,8-11,15,18,20,29H,12-14H2,2-6H3,(H2,25,30)(H,26,31)(H,27,33). The number of nitrogens with one attached hydrogen (secondary N) is 2. The van der Waals surface area contributed by atoms with Gasteiger partial charge in [0.05, 0.1) is 13.0 Å². The number of aliphatic hydroxyl groups is 1. The first-order valence-corrected chi connectivity index (χ1v) is 10.8. The summed E-state index contributed by atoms with van der Waals surface area (Å²) in [5, 5.41) is 14.8. The Bertz CT molecular complexity index is 915. The average molecular weight is 475 g/mol. The molecule has 0 radical (unpaired) electrons. The second-order valence-electron chi connectivity index (χ2n) is 8.96. The van der Waals surface area contributed by atoms with E-state index >= 15 is 0 Å². The summed E-state index contributed by atoms with van der Waals surface area (Å²) in [6, 6.07) is 3.60. The van der Waals surface area contributed by atoms with Gasteiger partial charge in [0.2, 0.25) is 17.7 Å². The fraction of sp³-hybridized carbons (Fsp3) is 0.500. The molecule has 1 rings (SSSR count). The van der Waals surface area contributed by atoms with Gasteiger partial charge < -0.3 is 31.1 Å². The molecule has 0 bridgehead atoms. The maximum Gasteiger partial charge on any atom is 0.408 e. The van der Waals surface area contributed by atoms with Gasteiger partial charge >= 0.3 is 6.09 Å². The first-order chi connectivity index (χ1) is 15.8. The number of aliphatic hydroxyl groups excluding tert-OH is 1. The van der Waals surface area contributed by atoms with Crippen LogP contribution in [-0.4, -0.2) is 64.7 Å². The van der Waals surface area contributed by atoms with Gasteiger partial charge in [-0.2, -0.15) is 0 Å². The number of amides is 4. The predicted molar refractivity (Wildman–Crippen MR) is 126 cm³/mol. The summed E-state index contributed by atoms with van der Waals surface area (Å²) in [6.07, 6.45) is 3.94. The predicted octanol–water partition coefficient (Wildman–Crippen LogP) is 0.823. The number of carbonyl (C=O) groups excluding carboxylic acids is 4. The zero-order chi connectivity index (χ0) is 26.1. The third kappa shape index (κ3) is 9.11. The van der Waals surface area contributed by atoms with E-state index in [0.29, 0.717) is 11.1 Å². The van der Waals surface area contributed by atoms with Gasteiger partial charge in [-0.15, -0.1) is 6.42 Å². The lowest BCUT2D eigenvalue weighted by Gasteiger charge is -2.34. The lowest BCUT2D eigenvalue weighted by atomic mass is 10.0. The van der Waals surface area contributed by atoms with E-state index in [1.165, 1.54) is 0 Å². The summed E-state index contributed by atoms with van der Waals surface area (Å²) in [6.45, 7) is 7.71. The first-order valence-electron chi connectivity index (χ1n) is 10.8. The minimum absolute atomic E-state index is 0.243. The number of nitrogens with zero attached hydrogens (tertiary/aromatic N) is 1. The van der Waals surface area contributed by atoms with Crippen LogP contribution in [0.3, 0.4) is 0 Å². The Labute approximate surface area is 200 Å². The second kappa shape index (κ2) is 12.6. The van der Waals surface area contributed by atoms with Crippen molar-refractivity contribution in [3.05, 3.63) is 35.4 Å². The van der Waals surface area contributed by atoms with Crippen LogP contribution < -0.4 is 16.4 Å². The average Bonchev–Trinajstić information content (AvgIpc) is 2.70. The summed E-state index contributed by atoms with van der Waals surface area (Å²) in [7, 11) is 0. The summed E-state index contributed by atoms with van der Waals surface area (Å²) in [5.41, 5.74) is 5.45. The molecule has 0 fully saturated rings. The number of ether oxygens (including phenoxy) is 1. The maximum atomic E-state index is 13.5. The number of benzene rings is 1. The molecule has 0 aromatic heterocycles. The normalized spacial score (nSPS) is 12.8. The van der Waals surface area contributed by atoms with Crippen molar-refractivity contribution in [2.45, 2.75) is 64.8 Å². The van der Waals surface area contributed by atoms with E-state index in [2.05, 4.69) is 16.6 Å². The minimum Gasteiger partial charge on any atom is -0.444 e. The number of primary amides is 1. The fourth-order valence-corrected chi connectivity index (χ4v) is 3.12. The van der Waals surface area contributed by atoms with Gasteiger partial charge in [-0.25, -0.2) is 4.79 Å². The van der Waals surface area contributed by atoms with Gasteiger partial charge in [-0.1, -0.05) is 18.1 Å². The zero-order valence-corrected chi connectivity index (χ0v) is 20.3. The Hall–Kier alpha value is -3.58. The molecular weight excluding hydrogens is 440 g/mol. The van der Waals surface area contributed by atoms with E-state index in [4.69, 9.17) is 16.9 Å². The summed E-state index contributed by atoms with van der Waals surface area (Å²) in [4.78, 5) is 51.8. The number of carbonyl (C=O) groups is 4. The highest BCUT2D eigenvalue weighted by Crippen LogP contribution is 2.24. The van der Waals surface area contributed by atoms with Crippen LogP contribution in [0.1, 0.15) is 58.2 Å². The molecule has 34 heavy (non-hydrogen) atoms. The molecule has 2 atom stereocenters. The van der Waals surface area contributed by atoms with Gasteiger partial charge in [0, 0.05) is 18.2 Å². The van der Waals surface area contributed by atoms with Gasteiger partial charge in [0.15, 0.2) is 0 Å². The van der Waals surface area contributed by atoms with E-state index < -0.39 is 54.5 Å². The Morgan fingerprint density at radius 3 is 2.18 bits per heavy atom. The number of hydrogen-bond acceptors (Lipinski definition) is 6. The second-order valence-corrected chi connectivity index (χ2v) is 8.96. The highest BCUT2D eigenvalue weighted by Gasteiger charge is 2.36. The third-order valence-electron chi connectivity index (χ3n) is 4.40. The number of terminal acetylenes is 1. The molecule has 0 saturated carbocycles. The molecule has 0 saturated heterocycles. The Balaban J connectivity index is 3.44. The number of rotatable bonds is 10.